The van der Waals surface area contributed by atoms with E-state index in [0.29, 0.717) is 17.5 Å². The monoisotopic (exact) mass is 680 g/mol. The average molecular weight is 681 g/mol. The van der Waals surface area contributed by atoms with Crippen molar-refractivity contribution in [3.8, 4) is 51.0 Å². The van der Waals surface area contributed by atoms with Crippen LogP contribution in [-0.2, 0) is 0 Å². The van der Waals surface area contributed by atoms with Gasteiger partial charge in [-0.25, -0.2) is 19.9 Å². The largest absolute Gasteiger partial charge is 0.456 e. The SMILES string of the molecule is c1ccc(-c2nc(-c3ccccc3N3c4ccccc4-c4ccccc4-n4c3nc3ccccc34)nc(-c3cccc4oc5ccccc5c34)n2)cc1. The quantitative estimate of drug-likeness (QED) is 0.184. The average Bonchev–Trinajstić information content (AvgIpc) is 3.77. The molecule has 0 aliphatic carbocycles. The molecule has 0 fully saturated rings. The van der Waals surface area contributed by atoms with Crippen molar-refractivity contribution in [2.45, 2.75) is 0 Å². The van der Waals surface area contributed by atoms with Crippen molar-refractivity contribution < 1.29 is 4.42 Å². The van der Waals surface area contributed by atoms with Gasteiger partial charge in [0.05, 0.1) is 28.1 Å². The zero-order valence-electron chi connectivity index (χ0n) is 28.3. The number of aromatic nitrogens is 5. The van der Waals surface area contributed by atoms with Gasteiger partial charge in [-0.05, 0) is 48.5 Å². The van der Waals surface area contributed by atoms with Crippen molar-refractivity contribution in [2.75, 3.05) is 4.90 Å². The van der Waals surface area contributed by atoms with Crippen LogP contribution < -0.4 is 4.90 Å². The molecule has 0 amide bonds. The topological polar surface area (TPSA) is 72.9 Å². The number of para-hydroxylation sites is 6. The minimum atomic E-state index is 0.552. The third kappa shape index (κ3) is 4.54. The lowest BCUT2D eigenvalue weighted by Gasteiger charge is -2.26. The molecule has 0 radical (unpaired) electrons. The van der Waals surface area contributed by atoms with Crippen molar-refractivity contribution in [3.63, 3.8) is 0 Å². The van der Waals surface area contributed by atoms with Crippen molar-refractivity contribution >= 4 is 50.3 Å². The number of fused-ring (bicyclic) bond motifs is 10. The highest BCUT2D eigenvalue weighted by Crippen LogP contribution is 2.49. The summed E-state index contributed by atoms with van der Waals surface area (Å²) in [6, 6.07) is 57.9. The first kappa shape index (κ1) is 29.4. The molecule has 0 N–H and O–H groups in total. The summed E-state index contributed by atoms with van der Waals surface area (Å²) < 4.78 is 8.55. The number of benzene rings is 7. The highest BCUT2D eigenvalue weighted by Gasteiger charge is 2.31. The molecule has 0 unspecified atom stereocenters. The third-order valence-corrected chi connectivity index (χ3v) is 10.0. The van der Waals surface area contributed by atoms with Gasteiger partial charge in [0.25, 0.3) is 0 Å². The lowest BCUT2D eigenvalue weighted by atomic mass is 10.0. The Morgan fingerprint density at radius 1 is 0.396 bits per heavy atom. The molecule has 0 atom stereocenters. The van der Waals surface area contributed by atoms with Gasteiger partial charge >= 0.3 is 0 Å². The van der Waals surface area contributed by atoms with Crippen LogP contribution in [0.25, 0.3) is 83.9 Å². The fourth-order valence-corrected chi connectivity index (χ4v) is 7.69. The molecule has 1 aliphatic heterocycles. The highest BCUT2D eigenvalue weighted by atomic mass is 16.3. The van der Waals surface area contributed by atoms with Gasteiger partial charge in [0.2, 0.25) is 5.95 Å². The van der Waals surface area contributed by atoms with Crippen molar-refractivity contribution in [1.29, 1.82) is 0 Å². The summed E-state index contributed by atoms with van der Waals surface area (Å²) >= 11 is 0. The molecule has 7 nitrogen and oxygen atoms in total. The van der Waals surface area contributed by atoms with Gasteiger partial charge in [0.15, 0.2) is 17.5 Å². The maximum atomic E-state index is 6.29. The predicted molar refractivity (Wildman–Crippen MR) is 212 cm³/mol. The van der Waals surface area contributed by atoms with Crippen molar-refractivity contribution in [3.05, 3.63) is 170 Å². The maximum absolute atomic E-state index is 6.29. The van der Waals surface area contributed by atoms with E-state index in [1.54, 1.807) is 0 Å². The molecule has 248 valence electrons. The van der Waals surface area contributed by atoms with E-state index in [-0.39, 0.29) is 0 Å². The molecule has 1 aliphatic rings. The fraction of sp³-hybridized carbons (Fsp3) is 0. The lowest BCUT2D eigenvalue weighted by Crippen LogP contribution is -2.15. The Hall–Kier alpha value is -7.38. The molecular formula is C46H28N6O. The van der Waals surface area contributed by atoms with Gasteiger partial charge in [0, 0.05) is 38.6 Å². The Kier molecular flexibility index (Phi) is 6.42. The summed E-state index contributed by atoms with van der Waals surface area (Å²) in [5, 5.41) is 1.99. The molecule has 7 heteroatoms. The first-order chi connectivity index (χ1) is 26.3. The van der Waals surface area contributed by atoms with Crippen LogP contribution in [0.4, 0.5) is 17.3 Å². The molecule has 4 heterocycles. The number of hydrogen-bond donors (Lipinski definition) is 0. The zero-order chi connectivity index (χ0) is 34.9. The van der Waals surface area contributed by atoms with Crippen LogP contribution in [0.2, 0.25) is 0 Å². The summed E-state index contributed by atoms with van der Waals surface area (Å²) in [7, 11) is 0. The number of rotatable bonds is 4. The molecular weight excluding hydrogens is 653 g/mol. The van der Waals surface area contributed by atoms with E-state index < -0.39 is 0 Å². The Labute approximate surface area is 304 Å². The van der Waals surface area contributed by atoms with Crippen LogP contribution in [0.5, 0.6) is 0 Å². The van der Waals surface area contributed by atoms with E-state index >= 15 is 0 Å². The number of anilines is 3. The summed E-state index contributed by atoms with van der Waals surface area (Å²) in [6.07, 6.45) is 0. The van der Waals surface area contributed by atoms with Crippen LogP contribution in [0.3, 0.4) is 0 Å². The Bertz CT molecular complexity index is 3040. The van der Waals surface area contributed by atoms with Gasteiger partial charge in [-0.2, -0.15) is 0 Å². The number of imidazole rings is 1. The summed E-state index contributed by atoms with van der Waals surface area (Å²) in [5.74, 6) is 2.48. The first-order valence-electron chi connectivity index (χ1n) is 17.6. The van der Waals surface area contributed by atoms with Crippen molar-refractivity contribution in [2.24, 2.45) is 0 Å². The normalized spacial score (nSPS) is 12.1. The lowest BCUT2D eigenvalue weighted by molar-refractivity contribution is 0.669. The van der Waals surface area contributed by atoms with Crippen LogP contribution in [0.1, 0.15) is 0 Å². The molecule has 10 aromatic rings. The standard InChI is InChI=1S/C46H28N6O/c1-2-15-29(16-3-1)43-48-44(50-45(49-43)34-21-14-28-41-42(34)33-20-7-13-27-40(33)53-41)32-19-6-11-25-38(32)51-36-23-9-4-17-30(36)31-18-5-10-24-37(31)52-39-26-12-8-22-35(39)47-46(51)52/h1-28H. The number of hydrogen-bond acceptors (Lipinski definition) is 6. The van der Waals surface area contributed by atoms with Crippen molar-refractivity contribution in [1.82, 2.24) is 24.5 Å². The van der Waals surface area contributed by atoms with E-state index in [1.807, 2.05) is 72.8 Å². The van der Waals surface area contributed by atoms with Gasteiger partial charge in [0.1, 0.15) is 11.2 Å². The van der Waals surface area contributed by atoms with Crippen LogP contribution in [0.15, 0.2) is 174 Å². The summed E-state index contributed by atoms with van der Waals surface area (Å²) in [6.45, 7) is 0. The van der Waals surface area contributed by atoms with Crippen LogP contribution in [0, 0.1) is 0 Å². The smallest absolute Gasteiger partial charge is 0.220 e. The molecule has 0 saturated carbocycles. The van der Waals surface area contributed by atoms with E-state index in [9.17, 15) is 0 Å². The Morgan fingerprint density at radius 2 is 0.962 bits per heavy atom. The molecule has 0 saturated heterocycles. The predicted octanol–water partition coefficient (Wildman–Crippen LogP) is 11.6. The fourth-order valence-electron chi connectivity index (χ4n) is 7.69. The molecule has 11 rings (SSSR count). The van der Waals surface area contributed by atoms with Gasteiger partial charge in [-0.3, -0.25) is 9.47 Å². The van der Waals surface area contributed by atoms with Gasteiger partial charge in [-0.1, -0.05) is 121 Å². The molecule has 7 aromatic carbocycles. The number of nitrogens with zero attached hydrogens (tertiary/aromatic N) is 6. The number of furan rings is 1. The van der Waals surface area contributed by atoms with Crippen LogP contribution >= 0.6 is 0 Å². The second kappa shape index (κ2) is 11.6. The zero-order valence-corrected chi connectivity index (χ0v) is 28.3. The highest BCUT2D eigenvalue weighted by molar-refractivity contribution is 6.12. The molecule has 53 heavy (non-hydrogen) atoms. The maximum Gasteiger partial charge on any atom is 0.220 e. The van der Waals surface area contributed by atoms with Crippen LogP contribution in [-0.4, -0.2) is 24.5 Å². The minimum Gasteiger partial charge on any atom is -0.456 e. The summed E-state index contributed by atoms with van der Waals surface area (Å²) in [4.78, 5) is 23.2. The van der Waals surface area contributed by atoms with Gasteiger partial charge < -0.3 is 4.42 Å². The molecule has 0 spiro atoms. The molecule has 3 aromatic heterocycles. The minimum absolute atomic E-state index is 0.552. The summed E-state index contributed by atoms with van der Waals surface area (Å²) in [5.41, 5.74) is 11.4. The second-order valence-electron chi connectivity index (χ2n) is 13.1. The second-order valence-corrected chi connectivity index (χ2v) is 13.1. The Balaban J connectivity index is 1.20. The van der Waals surface area contributed by atoms with E-state index in [2.05, 4.69) is 107 Å². The van der Waals surface area contributed by atoms with E-state index in [1.165, 1.54) is 0 Å². The van der Waals surface area contributed by atoms with E-state index in [0.717, 1.165) is 83.8 Å². The third-order valence-electron chi connectivity index (χ3n) is 10.0. The van der Waals surface area contributed by atoms with Gasteiger partial charge in [-0.15, -0.1) is 0 Å². The first-order valence-corrected chi connectivity index (χ1v) is 17.6. The Morgan fingerprint density at radius 3 is 1.79 bits per heavy atom. The van der Waals surface area contributed by atoms with E-state index in [4.69, 9.17) is 24.4 Å². The molecule has 0 bridgehead atoms.